The fourth-order valence-corrected chi connectivity index (χ4v) is 3.35. The van der Waals surface area contributed by atoms with E-state index in [1.807, 2.05) is 4.72 Å². The average molecular weight is 341 g/mol. The lowest BCUT2D eigenvalue weighted by Gasteiger charge is -2.12. The van der Waals surface area contributed by atoms with Gasteiger partial charge in [-0.05, 0) is 18.2 Å². The molecule has 2 N–H and O–H groups in total. The van der Waals surface area contributed by atoms with Crippen molar-refractivity contribution < 1.29 is 31.1 Å². The van der Waals surface area contributed by atoms with Gasteiger partial charge in [0.1, 0.15) is 10.7 Å². The molecule has 0 aliphatic heterocycles. The van der Waals surface area contributed by atoms with Crippen LogP contribution in [0.5, 0.6) is 0 Å². The number of aliphatic hydroxyl groups excluding tert-OH is 1. The van der Waals surface area contributed by atoms with Gasteiger partial charge in [0.2, 0.25) is 10.0 Å². The molecule has 1 unspecified atom stereocenters. The maximum Gasteiger partial charge on any atom is 0.243 e. The summed E-state index contributed by atoms with van der Waals surface area (Å²) in [6.45, 7) is -0.493. The lowest BCUT2D eigenvalue weighted by atomic mass is 10.3. The third-order valence-corrected chi connectivity index (χ3v) is 5.04. The summed E-state index contributed by atoms with van der Waals surface area (Å²) in [4.78, 5) is -1.11. The quantitative estimate of drug-likeness (QED) is 0.648. The number of aliphatic hydroxyl groups is 1. The Morgan fingerprint density at radius 2 is 1.95 bits per heavy atom. The van der Waals surface area contributed by atoms with Gasteiger partial charge in [-0.1, -0.05) is 0 Å². The van der Waals surface area contributed by atoms with Crippen LogP contribution in [0.25, 0.3) is 0 Å². The van der Waals surface area contributed by atoms with Crippen LogP contribution in [0, 0.1) is 5.82 Å². The van der Waals surface area contributed by atoms with E-state index in [0.717, 1.165) is 24.5 Å². The van der Waals surface area contributed by atoms with E-state index >= 15 is 0 Å². The van der Waals surface area contributed by atoms with Gasteiger partial charge in [-0.3, -0.25) is 0 Å². The van der Waals surface area contributed by atoms with Gasteiger partial charge < -0.3 is 9.84 Å². The maximum absolute atomic E-state index is 13.6. The number of hydrogen-bond acceptors (Lipinski definition) is 6. The topological polar surface area (TPSA) is 110 Å². The van der Waals surface area contributed by atoms with E-state index in [2.05, 4.69) is 4.74 Å². The molecule has 10 heteroatoms. The first kappa shape index (κ1) is 18.0. The molecule has 0 aliphatic carbocycles. The highest BCUT2D eigenvalue weighted by atomic mass is 32.2. The van der Waals surface area contributed by atoms with Crippen molar-refractivity contribution in [2.75, 3.05) is 26.5 Å². The molecule has 1 atom stereocenters. The first-order valence-electron chi connectivity index (χ1n) is 5.74. The van der Waals surface area contributed by atoms with Gasteiger partial charge in [-0.15, -0.1) is 0 Å². The van der Waals surface area contributed by atoms with Crippen molar-refractivity contribution in [3.63, 3.8) is 0 Å². The van der Waals surface area contributed by atoms with Crippen molar-refractivity contribution in [3.05, 3.63) is 24.0 Å². The minimum absolute atomic E-state index is 0.103. The van der Waals surface area contributed by atoms with Crippen molar-refractivity contribution >= 4 is 19.9 Å². The van der Waals surface area contributed by atoms with Crippen LogP contribution in [0.4, 0.5) is 4.39 Å². The molecule has 0 spiro atoms. The number of hydrogen-bond donors (Lipinski definition) is 2. The molecule has 0 amide bonds. The van der Waals surface area contributed by atoms with Crippen LogP contribution in [-0.2, 0) is 24.6 Å². The van der Waals surface area contributed by atoms with Crippen molar-refractivity contribution in [3.8, 4) is 0 Å². The number of rotatable bonds is 7. The van der Waals surface area contributed by atoms with Crippen molar-refractivity contribution in [1.82, 2.24) is 4.72 Å². The molecule has 1 aromatic rings. The monoisotopic (exact) mass is 341 g/mol. The standard InChI is InChI=1S/C11H16FNO6S2/c1-19-7-8(14)6-13-21(17,18)11-5-9(20(2,15)16)3-4-10(11)12/h3-5,8,13-14H,6-7H2,1-2H3. The van der Waals surface area contributed by atoms with Gasteiger partial charge in [0, 0.05) is 19.9 Å². The third kappa shape index (κ3) is 5.00. The predicted molar refractivity (Wildman–Crippen MR) is 72.6 cm³/mol. The Balaban J connectivity index is 3.08. The van der Waals surface area contributed by atoms with E-state index in [1.54, 1.807) is 0 Å². The predicted octanol–water partition coefficient (Wildman–Crippen LogP) is -0.485. The lowest BCUT2D eigenvalue weighted by Crippen LogP contribution is -2.34. The van der Waals surface area contributed by atoms with Gasteiger partial charge >= 0.3 is 0 Å². The molecule has 7 nitrogen and oxygen atoms in total. The highest BCUT2D eigenvalue weighted by molar-refractivity contribution is 7.91. The lowest BCUT2D eigenvalue weighted by molar-refractivity contribution is 0.0679. The molecule has 1 rings (SSSR count). The summed E-state index contributed by atoms with van der Waals surface area (Å²) in [5, 5.41) is 9.37. The Kier molecular flexibility index (Phi) is 5.82. The Hall–Kier alpha value is -1.07. The van der Waals surface area contributed by atoms with Crippen LogP contribution in [-0.4, -0.2) is 54.6 Å². The number of sulfonamides is 1. The zero-order valence-electron chi connectivity index (χ0n) is 11.4. The molecule has 0 radical (unpaired) electrons. The molecule has 0 saturated carbocycles. The fourth-order valence-electron chi connectivity index (χ4n) is 1.46. The summed E-state index contributed by atoms with van der Waals surface area (Å²) >= 11 is 0. The van der Waals surface area contributed by atoms with E-state index in [0.29, 0.717) is 0 Å². The van der Waals surface area contributed by atoms with Crippen molar-refractivity contribution in [2.45, 2.75) is 15.9 Å². The largest absolute Gasteiger partial charge is 0.389 e. The van der Waals surface area contributed by atoms with Crippen molar-refractivity contribution in [1.29, 1.82) is 0 Å². The van der Waals surface area contributed by atoms with E-state index in [1.165, 1.54) is 7.11 Å². The third-order valence-electron chi connectivity index (χ3n) is 2.49. The molecule has 1 aromatic carbocycles. The highest BCUT2D eigenvalue weighted by Gasteiger charge is 2.22. The summed E-state index contributed by atoms with van der Waals surface area (Å²) in [6.07, 6.45) is -0.224. The second-order valence-corrected chi connectivity index (χ2v) is 8.08. The van der Waals surface area contributed by atoms with Crippen LogP contribution in [0.15, 0.2) is 28.0 Å². The molecule has 0 saturated heterocycles. The molecule has 0 aromatic heterocycles. The zero-order chi connectivity index (χ0) is 16.3. The summed E-state index contributed by atoms with van der Waals surface area (Å²) in [7, 11) is -6.64. The molecule has 0 aliphatic rings. The second-order valence-electron chi connectivity index (χ2n) is 4.33. The molecular weight excluding hydrogens is 325 g/mol. The zero-order valence-corrected chi connectivity index (χ0v) is 13.0. The summed E-state index contributed by atoms with van der Waals surface area (Å²) < 4.78 is 66.9. The molecule has 0 fully saturated rings. The highest BCUT2D eigenvalue weighted by Crippen LogP contribution is 2.19. The number of benzene rings is 1. The van der Waals surface area contributed by atoms with Crippen LogP contribution >= 0.6 is 0 Å². The van der Waals surface area contributed by atoms with Gasteiger partial charge in [-0.25, -0.2) is 25.9 Å². The number of methoxy groups -OCH3 is 1. The van der Waals surface area contributed by atoms with Crippen LogP contribution < -0.4 is 4.72 Å². The minimum Gasteiger partial charge on any atom is -0.389 e. The smallest absolute Gasteiger partial charge is 0.243 e. The van der Waals surface area contributed by atoms with E-state index in [4.69, 9.17) is 0 Å². The van der Waals surface area contributed by atoms with Crippen LogP contribution in [0.2, 0.25) is 0 Å². The van der Waals surface area contributed by atoms with Crippen LogP contribution in [0.1, 0.15) is 0 Å². The molecule has 0 heterocycles. The van der Waals surface area contributed by atoms with Gasteiger partial charge in [-0.2, -0.15) is 0 Å². The maximum atomic E-state index is 13.6. The van der Waals surface area contributed by atoms with E-state index in [-0.39, 0.29) is 11.5 Å². The minimum atomic E-state index is -4.29. The van der Waals surface area contributed by atoms with Gasteiger partial charge in [0.05, 0.1) is 17.6 Å². The molecule has 0 bridgehead atoms. The number of sulfone groups is 1. The van der Waals surface area contributed by atoms with Crippen molar-refractivity contribution in [2.24, 2.45) is 0 Å². The summed E-state index contributed by atoms with van der Waals surface area (Å²) in [5.41, 5.74) is 0. The Labute approximate surface area is 122 Å². The average Bonchev–Trinajstić information content (AvgIpc) is 2.36. The normalized spacial score (nSPS) is 14.1. The number of halogens is 1. The molecule has 21 heavy (non-hydrogen) atoms. The molecule has 120 valence electrons. The van der Waals surface area contributed by atoms with Crippen LogP contribution in [0.3, 0.4) is 0 Å². The SMILES string of the molecule is COCC(O)CNS(=O)(=O)c1cc(S(C)(=O)=O)ccc1F. The Morgan fingerprint density at radius 1 is 1.33 bits per heavy atom. The first-order valence-corrected chi connectivity index (χ1v) is 9.11. The first-order chi connectivity index (χ1) is 9.58. The fraction of sp³-hybridized carbons (Fsp3) is 0.455. The molecular formula is C11H16FNO6S2. The second kappa shape index (κ2) is 6.79. The van der Waals surface area contributed by atoms with E-state index in [9.17, 15) is 26.3 Å². The van der Waals surface area contributed by atoms with Gasteiger partial charge in [0.25, 0.3) is 0 Å². The van der Waals surface area contributed by atoms with E-state index < -0.39 is 43.2 Å². The Morgan fingerprint density at radius 3 is 2.48 bits per heavy atom. The number of ether oxygens (including phenoxy) is 1. The summed E-state index contributed by atoms with van der Waals surface area (Å²) in [6, 6.07) is 2.47. The van der Waals surface area contributed by atoms with Gasteiger partial charge in [0.15, 0.2) is 9.84 Å². The number of nitrogens with one attached hydrogen (secondary N) is 1. The Bertz CT molecular complexity index is 701. The summed E-state index contributed by atoms with van der Waals surface area (Å²) in [5.74, 6) is -1.09.